The summed E-state index contributed by atoms with van der Waals surface area (Å²) >= 11 is 0. The van der Waals surface area contributed by atoms with E-state index in [-0.39, 0.29) is 0 Å². The lowest BCUT2D eigenvalue weighted by atomic mass is 10.1. The first kappa shape index (κ1) is 14.4. The van der Waals surface area contributed by atoms with Crippen LogP contribution in [0, 0.1) is 11.3 Å². The van der Waals surface area contributed by atoms with Gasteiger partial charge in [0.2, 0.25) is 0 Å². The SMILES string of the molecule is CN(c1ccc(C#N)cc1)c1ccc(C=CC(=O)O)cc1. The number of anilines is 2. The Labute approximate surface area is 123 Å². The van der Waals surface area contributed by atoms with Gasteiger partial charge in [-0.15, -0.1) is 0 Å². The van der Waals surface area contributed by atoms with Crippen molar-refractivity contribution in [2.75, 3.05) is 11.9 Å². The number of rotatable bonds is 4. The average Bonchev–Trinajstić information content (AvgIpc) is 2.53. The molecule has 0 unspecified atom stereocenters. The van der Waals surface area contributed by atoms with E-state index in [0.717, 1.165) is 23.0 Å². The standard InChI is InChI=1S/C17H14N2O2/c1-19(16-9-4-14(12-18)5-10-16)15-7-2-13(3-8-15)6-11-17(20)21/h2-11H,1H3,(H,20,21). The molecule has 4 heteroatoms. The van der Waals surface area contributed by atoms with Crippen LogP contribution in [0.1, 0.15) is 11.1 Å². The minimum Gasteiger partial charge on any atom is -0.478 e. The van der Waals surface area contributed by atoms with Gasteiger partial charge >= 0.3 is 5.97 Å². The van der Waals surface area contributed by atoms with Crippen LogP contribution < -0.4 is 4.90 Å². The first-order chi connectivity index (χ1) is 10.1. The number of benzene rings is 2. The van der Waals surface area contributed by atoms with Gasteiger partial charge in [-0.05, 0) is 48.0 Å². The highest BCUT2D eigenvalue weighted by Gasteiger charge is 2.03. The summed E-state index contributed by atoms with van der Waals surface area (Å²) in [5.41, 5.74) is 3.41. The number of carboxylic acid groups (broad SMARTS) is 1. The van der Waals surface area contributed by atoms with Crippen LogP contribution in [-0.4, -0.2) is 18.1 Å². The third kappa shape index (κ3) is 3.71. The lowest BCUT2D eigenvalue weighted by Gasteiger charge is -2.19. The molecule has 2 aromatic rings. The molecule has 21 heavy (non-hydrogen) atoms. The second kappa shape index (κ2) is 6.40. The van der Waals surface area contributed by atoms with Gasteiger partial charge < -0.3 is 10.0 Å². The zero-order valence-corrected chi connectivity index (χ0v) is 11.5. The average molecular weight is 278 g/mol. The van der Waals surface area contributed by atoms with Crippen LogP contribution in [-0.2, 0) is 4.79 Å². The molecule has 104 valence electrons. The fraction of sp³-hybridized carbons (Fsp3) is 0.0588. The molecule has 0 atom stereocenters. The minimum absolute atomic E-state index is 0.626. The van der Waals surface area contributed by atoms with E-state index in [2.05, 4.69) is 6.07 Å². The zero-order chi connectivity index (χ0) is 15.2. The van der Waals surface area contributed by atoms with E-state index in [1.165, 1.54) is 0 Å². The fourth-order valence-electron chi connectivity index (χ4n) is 1.89. The molecule has 2 aromatic carbocycles. The predicted octanol–water partition coefficient (Wildman–Crippen LogP) is 3.42. The largest absolute Gasteiger partial charge is 0.478 e. The molecule has 4 nitrogen and oxygen atoms in total. The molecule has 0 aliphatic rings. The molecule has 1 N–H and O–H groups in total. The lowest BCUT2D eigenvalue weighted by Crippen LogP contribution is -2.09. The third-order valence-corrected chi connectivity index (χ3v) is 3.08. The number of carboxylic acids is 1. The monoisotopic (exact) mass is 278 g/mol. The summed E-state index contributed by atoms with van der Waals surface area (Å²) in [6, 6.07) is 17.0. The van der Waals surface area contributed by atoms with Crippen molar-refractivity contribution in [3.8, 4) is 6.07 Å². The summed E-state index contributed by atoms with van der Waals surface area (Å²) in [4.78, 5) is 12.5. The lowest BCUT2D eigenvalue weighted by molar-refractivity contribution is -0.131. The second-order valence-electron chi connectivity index (χ2n) is 4.48. The molecule has 0 aromatic heterocycles. The summed E-state index contributed by atoms with van der Waals surface area (Å²) < 4.78 is 0. The maximum atomic E-state index is 10.5. The Hall–Kier alpha value is -3.06. The van der Waals surface area contributed by atoms with Crippen molar-refractivity contribution in [2.24, 2.45) is 0 Å². The number of hydrogen-bond acceptors (Lipinski definition) is 3. The molecule has 0 aliphatic heterocycles. The Kier molecular flexibility index (Phi) is 4.37. The van der Waals surface area contributed by atoms with Crippen LogP contribution in [0.2, 0.25) is 0 Å². The highest BCUT2D eigenvalue weighted by molar-refractivity contribution is 5.85. The van der Waals surface area contributed by atoms with Gasteiger partial charge in [-0.25, -0.2) is 4.79 Å². The Balaban J connectivity index is 2.17. The molecular formula is C17H14N2O2. The van der Waals surface area contributed by atoms with E-state index < -0.39 is 5.97 Å². The van der Waals surface area contributed by atoms with Gasteiger partial charge in [0.15, 0.2) is 0 Å². The van der Waals surface area contributed by atoms with E-state index in [0.29, 0.717) is 5.56 Å². The minimum atomic E-state index is -0.964. The number of aliphatic carboxylic acids is 1. The van der Waals surface area contributed by atoms with E-state index >= 15 is 0 Å². The van der Waals surface area contributed by atoms with Crippen molar-refractivity contribution < 1.29 is 9.90 Å². The Morgan fingerprint density at radius 3 is 2.10 bits per heavy atom. The first-order valence-electron chi connectivity index (χ1n) is 6.35. The maximum absolute atomic E-state index is 10.5. The molecule has 0 bridgehead atoms. The van der Waals surface area contributed by atoms with Crippen LogP contribution in [0.5, 0.6) is 0 Å². The number of nitrogens with zero attached hydrogens (tertiary/aromatic N) is 2. The van der Waals surface area contributed by atoms with Gasteiger partial charge in [0.05, 0.1) is 11.6 Å². The summed E-state index contributed by atoms with van der Waals surface area (Å²) in [7, 11) is 1.93. The molecule has 0 heterocycles. The normalized spacial score (nSPS) is 10.3. The molecule has 0 fully saturated rings. The number of nitriles is 1. The Morgan fingerprint density at radius 1 is 1.10 bits per heavy atom. The summed E-state index contributed by atoms with van der Waals surface area (Å²) in [5.74, 6) is -0.964. The van der Waals surface area contributed by atoms with Gasteiger partial charge in [0.25, 0.3) is 0 Å². The third-order valence-electron chi connectivity index (χ3n) is 3.08. The van der Waals surface area contributed by atoms with Gasteiger partial charge in [0.1, 0.15) is 0 Å². The van der Waals surface area contributed by atoms with Crippen molar-refractivity contribution >= 4 is 23.4 Å². The van der Waals surface area contributed by atoms with Crippen LogP contribution in [0.3, 0.4) is 0 Å². The van der Waals surface area contributed by atoms with Crippen molar-refractivity contribution in [3.63, 3.8) is 0 Å². The van der Waals surface area contributed by atoms with Crippen molar-refractivity contribution in [1.82, 2.24) is 0 Å². The van der Waals surface area contributed by atoms with Crippen molar-refractivity contribution in [2.45, 2.75) is 0 Å². The van der Waals surface area contributed by atoms with Gasteiger partial charge in [-0.1, -0.05) is 12.1 Å². The zero-order valence-electron chi connectivity index (χ0n) is 11.5. The van der Waals surface area contributed by atoms with Gasteiger partial charge in [-0.2, -0.15) is 5.26 Å². The highest BCUT2D eigenvalue weighted by atomic mass is 16.4. The molecule has 0 saturated heterocycles. The van der Waals surface area contributed by atoms with E-state index in [4.69, 9.17) is 10.4 Å². The number of hydrogen-bond donors (Lipinski definition) is 1. The molecule has 0 saturated carbocycles. The predicted molar refractivity (Wildman–Crippen MR) is 82.3 cm³/mol. The Bertz CT molecular complexity index is 695. The van der Waals surface area contributed by atoms with Crippen LogP contribution in [0.4, 0.5) is 11.4 Å². The quantitative estimate of drug-likeness (QED) is 0.870. The maximum Gasteiger partial charge on any atom is 0.328 e. The molecule has 0 radical (unpaired) electrons. The topological polar surface area (TPSA) is 64.3 Å². The van der Waals surface area contributed by atoms with E-state index in [9.17, 15) is 4.79 Å². The summed E-state index contributed by atoms with van der Waals surface area (Å²) in [5, 5.41) is 17.4. The van der Waals surface area contributed by atoms with Gasteiger partial charge in [0, 0.05) is 24.5 Å². The summed E-state index contributed by atoms with van der Waals surface area (Å²) in [6.45, 7) is 0. The smallest absolute Gasteiger partial charge is 0.328 e. The second-order valence-corrected chi connectivity index (χ2v) is 4.48. The van der Waals surface area contributed by atoms with Crippen molar-refractivity contribution in [3.05, 3.63) is 65.7 Å². The summed E-state index contributed by atoms with van der Waals surface area (Å²) in [6.07, 6.45) is 2.66. The van der Waals surface area contributed by atoms with Gasteiger partial charge in [-0.3, -0.25) is 0 Å². The molecule has 0 aliphatic carbocycles. The Morgan fingerprint density at radius 2 is 1.62 bits per heavy atom. The van der Waals surface area contributed by atoms with Crippen LogP contribution in [0.15, 0.2) is 54.6 Å². The van der Waals surface area contributed by atoms with E-state index in [1.807, 2.05) is 48.3 Å². The van der Waals surface area contributed by atoms with Crippen LogP contribution in [0.25, 0.3) is 6.08 Å². The van der Waals surface area contributed by atoms with Crippen molar-refractivity contribution in [1.29, 1.82) is 5.26 Å². The van der Waals surface area contributed by atoms with E-state index in [1.54, 1.807) is 18.2 Å². The fourth-order valence-corrected chi connectivity index (χ4v) is 1.89. The van der Waals surface area contributed by atoms with Crippen LogP contribution >= 0.6 is 0 Å². The molecule has 2 rings (SSSR count). The first-order valence-corrected chi connectivity index (χ1v) is 6.35. The molecule has 0 spiro atoms. The molecule has 0 amide bonds. The highest BCUT2D eigenvalue weighted by Crippen LogP contribution is 2.24. The molecular weight excluding hydrogens is 264 g/mol. The number of carbonyl (C=O) groups is 1.